The maximum atomic E-state index is 13.0. The molecule has 2 unspecified atom stereocenters. The molecule has 1 aliphatic carbocycles. The quantitative estimate of drug-likeness (QED) is 0.107. The van der Waals surface area contributed by atoms with Crippen LogP contribution in [0.2, 0.25) is 0 Å². The molecule has 1 aliphatic rings. The van der Waals surface area contributed by atoms with Gasteiger partial charge in [0.1, 0.15) is 13.2 Å². The van der Waals surface area contributed by atoms with Crippen LogP contribution in [0.3, 0.4) is 0 Å². The fourth-order valence-corrected chi connectivity index (χ4v) is 8.42. The van der Waals surface area contributed by atoms with Crippen LogP contribution in [0, 0.1) is 47.0 Å². The van der Waals surface area contributed by atoms with Crippen LogP contribution in [0.25, 0.3) is 16.3 Å². The number of carbonyl (C=O) groups is 1. The van der Waals surface area contributed by atoms with E-state index in [-0.39, 0.29) is 18.1 Å². The Bertz CT molecular complexity index is 2430. The molecule has 5 heteroatoms. The summed E-state index contributed by atoms with van der Waals surface area (Å²) in [5, 5.41) is 5.96. The van der Waals surface area contributed by atoms with Crippen molar-refractivity contribution in [2.75, 3.05) is 24.3 Å². The number of nitrogens with one attached hydrogen (secondary N) is 1. The molecular weight excluding hydrogens is 711 g/mol. The van der Waals surface area contributed by atoms with Gasteiger partial charge in [-0.15, -0.1) is 0 Å². The second kappa shape index (κ2) is 17.0. The highest BCUT2D eigenvalue weighted by atomic mass is 16.5. The van der Waals surface area contributed by atoms with Crippen LogP contribution in [-0.2, 0) is 9.53 Å². The second-order valence-electron chi connectivity index (χ2n) is 17.1. The van der Waals surface area contributed by atoms with E-state index in [2.05, 4.69) is 187 Å². The highest BCUT2D eigenvalue weighted by molar-refractivity contribution is 6.08. The minimum absolute atomic E-state index is 0.106. The van der Waals surface area contributed by atoms with Crippen LogP contribution >= 0.6 is 0 Å². The van der Waals surface area contributed by atoms with Crippen LogP contribution in [0.5, 0.6) is 0 Å². The largest absolute Gasteiger partial charge is 0.460 e. The first-order valence-corrected chi connectivity index (χ1v) is 20.7. The first-order valence-electron chi connectivity index (χ1n) is 20.7. The Hall–Kier alpha value is -5.68. The zero-order chi connectivity index (χ0) is 42.1. The Morgan fingerprint density at radius 3 is 1.88 bits per heavy atom. The minimum atomic E-state index is -0.521. The SMILES string of the molecule is CCC(C)(C)C(=O)OC(C)C(C)Nc1ccc(C(=C2C=CC(=[N+](C)c3c(C)cc(C)cc3C)C=C2)c2ccc(N(C)c3c(C)cc(C)cc3C)cc2)c2ccccc12. The molecule has 0 aliphatic heterocycles. The summed E-state index contributed by atoms with van der Waals surface area (Å²) >= 11 is 0. The molecule has 5 aromatic rings. The van der Waals surface area contributed by atoms with Gasteiger partial charge in [-0.2, -0.15) is 4.58 Å². The van der Waals surface area contributed by atoms with Gasteiger partial charge in [-0.25, -0.2) is 0 Å². The summed E-state index contributed by atoms with van der Waals surface area (Å²) in [6.07, 6.45) is 9.41. The molecule has 2 atom stereocenters. The molecule has 58 heavy (non-hydrogen) atoms. The highest BCUT2D eigenvalue weighted by Gasteiger charge is 2.30. The number of fused-ring (bicyclic) bond motifs is 1. The Morgan fingerprint density at radius 2 is 1.31 bits per heavy atom. The third-order valence-corrected chi connectivity index (χ3v) is 12.0. The van der Waals surface area contributed by atoms with Crippen molar-refractivity contribution < 1.29 is 14.1 Å². The number of aryl methyl sites for hydroxylation is 6. The molecule has 1 N–H and O–H groups in total. The van der Waals surface area contributed by atoms with E-state index in [1.54, 1.807) is 0 Å². The lowest BCUT2D eigenvalue weighted by Crippen LogP contribution is -2.36. The number of nitrogens with zero attached hydrogens (tertiary/aromatic N) is 2. The first-order chi connectivity index (χ1) is 27.5. The van der Waals surface area contributed by atoms with Crippen LogP contribution in [-0.4, -0.2) is 42.5 Å². The van der Waals surface area contributed by atoms with Crippen molar-refractivity contribution in [2.45, 2.75) is 94.7 Å². The first kappa shape index (κ1) is 41.9. The minimum Gasteiger partial charge on any atom is -0.460 e. The van der Waals surface area contributed by atoms with Gasteiger partial charge in [-0.1, -0.05) is 72.6 Å². The smallest absolute Gasteiger partial charge is 0.311 e. The fraction of sp³-hybridized carbons (Fsp3) is 0.321. The maximum absolute atomic E-state index is 13.0. The lowest BCUT2D eigenvalue weighted by Gasteiger charge is -2.28. The van der Waals surface area contributed by atoms with Crippen molar-refractivity contribution in [2.24, 2.45) is 5.41 Å². The molecule has 0 amide bonds. The molecule has 0 fully saturated rings. The van der Waals surface area contributed by atoms with E-state index in [9.17, 15) is 4.79 Å². The van der Waals surface area contributed by atoms with Gasteiger partial charge < -0.3 is 15.0 Å². The second-order valence-corrected chi connectivity index (χ2v) is 17.1. The Labute approximate surface area is 347 Å². The number of allylic oxidation sites excluding steroid dienone is 5. The Kier molecular flexibility index (Phi) is 12.3. The van der Waals surface area contributed by atoms with Gasteiger partial charge in [0.2, 0.25) is 11.4 Å². The van der Waals surface area contributed by atoms with E-state index < -0.39 is 5.41 Å². The molecule has 0 saturated heterocycles. The number of hydrogen-bond donors (Lipinski definition) is 1. The molecule has 0 aromatic heterocycles. The predicted molar refractivity (Wildman–Crippen MR) is 248 cm³/mol. The third-order valence-electron chi connectivity index (χ3n) is 12.0. The van der Waals surface area contributed by atoms with Gasteiger partial charge in [-0.05, 0) is 157 Å². The summed E-state index contributed by atoms with van der Waals surface area (Å²) in [6.45, 7) is 23.0. The van der Waals surface area contributed by atoms with Crippen LogP contribution in [0.4, 0.5) is 22.7 Å². The Balaban J connectivity index is 1.44. The maximum Gasteiger partial charge on any atom is 0.311 e. The molecule has 0 radical (unpaired) electrons. The van der Waals surface area contributed by atoms with Crippen molar-refractivity contribution in [1.29, 1.82) is 0 Å². The number of carbonyl (C=O) groups excluding carboxylic acids is 1. The fourth-order valence-electron chi connectivity index (χ4n) is 8.42. The van der Waals surface area contributed by atoms with Crippen molar-refractivity contribution >= 4 is 50.8 Å². The lowest BCUT2D eigenvalue weighted by molar-refractivity contribution is -0.404. The number of anilines is 3. The zero-order valence-corrected chi connectivity index (χ0v) is 37.0. The van der Waals surface area contributed by atoms with Crippen molar-refractivity contribution in [1.82, 2.24) is 0 Å². The molecular formula is C53H62N3O2+. The van der Waals surface area contributed by atoms with Crippen LogP contribution in [0.15, 0.2) is 115 Å². The third kappa shape index (κ3) is 8.60. The van der Waals surface area contributed by atoms with Crippen LogP contribution < -0.4 is 10.2 Å². The van der Waals surface area contributed by atoms with E-state index >= 15 is 0 Å². The van der Waals surface area contributed by atoms with E-state index in [1.807, 2.05) is 27.7 Å². The summed E-state index contributed by atoms with van der Waals surface area (Å²) in [7, 11) is 4.31. The number of esters is 1. The topological polar surface area (TPSA) is 44.6 Å². The average Bonchev–Trinajstić information content (AvgIpc) is 3.18. The van der Waals surface area contributed by atoms with Crippen molar-refractivity contribution in [3.05, 3.63) is 159 Å². The summed E-state index contributed by atoms with van der Waals surface area (Å²) in [6, 6.07) is 30.9. The highest BCUT2D eigenvalue weighted by Crippen LogP contribution is 2.39. The van der Waals surface area contributed by atoms with Crippen molar-refractivity contribution in [3.63, 3.8) is 0 Å². The molecule has 0 spiro atoms. The predicted octanol–water partition coefficient (Wildman–Crippen LogP) is 13.0. The van der Waals surface area contributed by atoms with E-state index in [1.165, 1.54) is 44.8 Å². The number of ether oxygens (including phenoxy) is 1. The van der Waals surface area contributed by atoms with E-state index in [0.29, 0.717) is 0 Å². The standard InChI is InChI=1S/C53H61N3O2/c1-14-53(10,11)52(57)58-40(9)39(8)54-48-28-27-47(45-17-15-16-18-46(45)48)49(41-19-23-43(24-20-41)55(12)50-35(4)29-33(2)30-36(50)5)42-21-25-44(26-22-42)56(13)51-37(6)31-34(3)32-38(51)7/h15-32,39-40H,14H2,1-13H3/p+1. The summed E-state index contributed by atoms with van der Waals surface area (Å²) in [4.78, 5) is 15.2. The monoisotopic (exact) mass is 772 g/mol. The van der Waals surface area contributed by atoms with Gasteiger partial charge >= 0.3 is 5.97 Å². The zero-order valence-electron chi connectivity index (χ0n) is 37.0. The van der Waals surface area contributed by atoms with Crippen LogP contribution in [0.1, 0.15) is 85.5 Å². The number of rotatable bonds is 11. The number of benzene rings is 5. The van der Waals surface area contributed by atoms with Gasteiger partial charge in [-0.3, -0.25) is 4.79 Å². The lowest BCUT2D eigenvalue weighted by atomic mass is 9.87. The van der Waals surface area contributed by atoms with Gasteiger partial charge in [0.15, 0.2) is 0 Å². The van der Waals surface area contributed by atoms with E-state index in [4.69, 9.17) is 4.74 Å². The summed E-state index contributed by atoms with van der Waals surface area (Å²) < 4.78 is 8.26. The molecule has 5 nitrogen and oxygen atoms in total. The van der Waals surface area contributed by atoms with Gasteiger partial charge in [0.05, 0.1) is 11.5 Å². The molecule has 0 bridgehead atoms. The van der Waals surface area contributed by atoms with Crippen molar-refractivity contribution in [3.8, 4) is 0 Å². The van der Waals surface area contributed by atoms with Gasteiger partial charge in [0, 0.05) is 52.8 Å². The molecule has 0 heterocycles. The molecule has 0 saturated carbocycles. The molecule has 300 valence electrons. The molecule has 6 rings (SSSR count). The summed E-state index contributed by atoms with van der Waals surface area (Å²) in [5.41, 5.74) is 17.4. The summed E-state index contributed by atoms with van der Waals surface area (Å²) in [5.74, 6) is -0.168. The normalized spacial score (nSPS) is 13.7. The number of hydrogen-bond acceptors (Lipinski definition) is 4. The van der Waals surface area contributed by atoms with Gasteiger partial charge in [0.25, 0.3) is 0 Å². The average molecular weight is 773 g/mol. The van der Waals surface area contributed by atoms with E-state index in [0.717, 1.165) is 56.6 Å². The Morgan fingerprint density at radius 1 is 0.759 bits per heavy atom. The molecule has 5 aromatic carbocycles.